The summed E-state index contributed by atoms with van der Waals surface area (Å²) >= 11 is 12.0. The van der Waals surface area contributed by atoms with Crippen molar-refractivity contribution in [1.82, 2.24) is 15.2 Å². The number of furan rings is 1. The van der Waals surface area contributed by atoms with Crippen molar-refractivity contribution in [3.8, 4) is 11.3 Å². The molecule has 3 N–H and O–H groups in total. The van der Waals surface area contributed by atoms with E-state index in [1.165, 1.54) is 42.5 Å². The lowest BCUT2D eigenvalue weighted by Gasteiger charge is -2.25. The number of hydrogen-bond donors (Lipinski definition) is 3. The molecule has 2 aromatic carbocycles. The Hall–Kier alpha value is -4.28. The van der Waals surface area contributed by atoms with Crippen LogP contribution in [0, 0.1) is 5.82 Å². The molecule has 39 heavy (non-hydrogen) atoms. The van der Waals surface area contributed by atoms with Crippen molar-refractivity contribution in [1.29, 1.82) is 0 Å². The maximum absolute atomic E-state index is 13.2. The summed E-state index contributed by atoms with van der Waals surface area (Å²) in [6.45, 7) is 0.262. The smallest absolute Gasteiger partial charge is 0.335 e. The molecule has 1 aliphatic rings. The highest BCUT2D eigenvalue weighted by molar-refractivity contribution is 7.80. The predicted molar refractivity (Wildman–Crippen MR) is 148 cm³/mol. The molecule has 11 heteroatoms. The van der Waals surface area contributed by atoms with E-state index < -0.39 is 17.8 Å². The molecule has 1 fully saturated rings. The minimum absolute atomic E-state index is 0.0798. The zero-order chi connectivity index (χ0) is 27.5. The number of benzene rings is 2. The number of carboxylic acids is 1. The lowest BCUT2D eigenvalue weighted by molar-refractivity contribution is -0.116. The van der Waals surface area contributed by atoms with Gasteiger partial charge >= 0.3 is 5.97 Å². The van der Waals surface area contributed by atoms with E-state index in [0.717, 1.165) is 5.69 Å². The number of anilines is 1. The number of nitrogens with zero attached hydrogens (tertiary/aromatic N) is 2. The van der Waals surface area contributed by atoms with Gasteiger partial charge in [0.1, 0.15) is 23.4 Å². The molecule has 2 atom stereocenters. The molecule has 5 rings (SSSR count). The lowest BCUT2D eigenvalue weighted by atomic mass is 10.0. The number of halogens is 2. The zero-order valence-corrected chi connectivity index (χ0v) is 21.9. The van der Waals surface area contributed by atoms with E-state index in [4.69, 9.17) is 28.2 Å². The summed E-state index contributed by atoms with van der Waals surface area (Å²) in [6, 6.07) is 18.1. The molecular weight excluding hydrogens is 543 g/mol. The molecule has 8 nitrogen and oxygen atoms in total. The van der Waals surface area contributed by atoms with Gasteiger partial charge in [0, 0.05) is 30.4 Å². The topological polar surface area (TPSA) is 108 Å². The van der Waals surface area contributed by atoms with E-state index in [-0.39, 0.29) is 30.5 Å². The van der Waals surface area contributed by atoms with Crippen molar-refractivity contribution >= 4 is 46.5 Å². The minimum atomic E-state index is -1.08. The Labute approximate surface area is 233 Å². The highest BCUT2D eigenvalue weighted by Crippen LogP contribution is 2.41. The van der Waals surface area contributed by atoms with Gasteiger partial charge in [0.2, 0.25) is 5.91 Å². The van der Waals surface area contributed by atoms with Crippen LogP contribution < -0.4 is 10.6 Å². The maximum atomic E-state index is 13.2. The van der Waals surface area contributed by atoms with E-state index in [9.17, 15) is 19.1 Å². The molecule has 1 aliphatic heterocycles. The van der Waals surface area contributed by atoms with Crippen molar-refractivity contribution in [2.75, 3.05) is 11.9 Å². The van der Waals surface area contributed by atoms with Crippen LogP contribution >= 0.6 is 23.8 Å². The highest BCUT2D eigenvalue weighted by atomic mass is 35.5. The second-order valence-electron chi connectivity index (χ2n) is 8.83. The molecule has 3 heterocycles. The number of carboxylic acid groups (broad SMARTS) is 1. The number of carbonyl (C=O) groups is 2. The third kappa shape index (κ3) is 5.76. The van der Waals surface area contributed by atoms with Crippen molar-refractivity contribution in [2.45, 2.75) is 18.5 Å². The number of aromatic nitrogens is 1. The number of pyridine rings is 1. The van der Waals surface area contributed by atoms with Gasteiger partial charge in [-0.2, -0.15) is 0 Å². The fraction of sp³-hybridized carbons (Fsp3) is 0.143. The van der Waals surface area contributed by atoms with Crippen LogP contribution in [0.25, 0.3) is 11.3 Å². The van der Waals surface area contributed by atoms with Crippen molar-refractivity contribution in [3.63, 3.8) is 0 Å². The van der Waals surface area contributed by atoms with Gasteiger partial charge in [-0.25, -0.2) is 9.18 Å². The van der Waals surface area contributed by atoms with E-state index in [1.54, 1.807) is 18.3 Å². The first-order valence-electron chi connectivity index (χ1n) is 12.0. The number of thiocarbonyl (C=S) groups is 1. The number of rotatable bonds is 8. The molecular formula is C28H22ClFN4O4S. The summed E-state index contributed by atoms with van der Waals surface area (Å²) in [4.78, 5) is 30.5. The zero-order valence-electron chi connectivity index (χ0n) is 20.3. The van der Waals surface area contributed by atoms with E-state index in [0.29, 0.717) is 32.9 Å². The largest absolute Gasteiger partial charge is 0.478 e. The number of amides is 1. The van der Waals surface area contributed by atoms with Gasteiger partial charge in [-0.1, -0.05) is 17.7 Å². The van der Waals surface area contributed by atoms with E-state index in [2.05, 4.69) is 15.6 Å². The maximum Gasteiger partial charge on any atom is 0.335 e. The molecule has 2 aromatic heterocycles. The standard InChI is InChI=1S/C28H22ClFN4O4S/c29-20-9-4-16(27(36)37)15-19(20)22-10-11-23(38-22)26-25(21-3-1-2-13-31-21)33-28(39)34(26)14-12-24(35)32-18-7-5-17(30)6-8-18/h1-11,13,15,25-26H,12,14H2,(H,32,35)(H,33,39)(H,36,37)/t25-,26+/m0/s1. The predicted octanol–water partition coefficient (Wildman–Crippen LogP) is 5.83. The van der Waals surface area contributed by atoms with Gasteiger partial charge in [-0.15, -0.1) is 0 Å². The quantitative estimate of drug-likeness (QED) is 0.229. The first-order chi connectivity index (χ1) is 18.8. The molecule has 0 spiro atoms. The summed E-state index contributed by atoms with van der Waals surface area (Å²) in [7, 11) is 0. The average Bonchev–Trinajstić information content (AvgIpc) is 3.54. The Balaban J connectivity index is 1.42. The second kappa shape index (κ2) is 11.2. The SMILES string of the molecule is O=C(CCN1C(=S)N[C@@H](c2ccccn2)[C@H]1c1ccc(-c2cc(C(=O)O)ccc2Cl)o1)Nc1ccc(F)cc1. The van der Waals surface area contributed by atoms with Gasteiger partial charge in [-0.3, -0.25) is 9.78 Å². The van der Waals surface area contributed by atoms with Gasteiger partial charge < -0.3 is 25.1 Å². The molecule has 1 saturated heterocycles. The first-order valence-corrected chi connectivity index (χ1v) is 12.7. The average molecular weight is 565 g/mol. The summed E-state index contributed by atoms with van der Waals surface area (Å²) in [5.41, 5.74) is 1.74. The van der Waals surface area contributed by atoms with E-state index in [1.807, 2.05) is 23.1 Å². The lowest BCUT2D eigenvalue weighted by Crippen LogP contribution is -2.32. The monoisotopic (exact) mass is 564 g/mol. The Morgan fingerprint density at radius 2 is 1.92 bits per heavy atom. The van der Waals surface area contributed by atoms with Crippen LogP contribution in [-0.4, -0.2) is 38.5 Å². The third-order valence-corrected chi connectivity index (χ3v) is 6.98. The third-order valence-electron chi connectivity index (χ3n) is 6.30. The minimum Gasteiger partial charge on any atom is -0.478 e. The second-order valence-corrected chi connectivity index (χ2v) is 9.62. The fourth-order valence-corrected chi connectivity index (χ4v) is 4.98. The van der Waals surface area contributed by atoms with Crippen LogP contribution in [-0.2, 0) is 4.79 Å². The molecule has 198 valence electrons. The van der Waals surface area contributed by atoms with Crippen molar-refractivity contribution in [2.24, 2.45) is 0 Å². The summed E-state index contributed by atoms with van der Waals surface area (Å²) in [5, 5.41) is 16.2. The Morgan fingerprint density at radius 1 is 1.13 bits per heavy atom. The van der Waals surface area contributed by atoms with E-state index >= 15 is 0 Å². The van der Waals surface area contributed by atoms with Crippen LogP contribution in [0.15, 0.2) is 83.4 Å². The van der Waals surface area contributed by atoms with Gasteiger partial charge in [0.25, 0.3) is 0 Å². The van der Waals surface area contributed by atoms with Crippen LogP contribution in [0.5, 0.6) is 0 Å². The summed E-state index contributed by atoms with van der Waals surface area (Å²) < 4.78 is 19.4. The number of carbonyl (C=O) groups excluding carboxylic acids is 1. The summed E-state index contributed by atoms with van der Waals surface area (Å²) in [6.07, 6.45) is 1.78. The normalized spacial score (nSPS) is 16.7. The first kappa shape index (κ1) is 26.3. The molecule has 0 bridgehead atoms. The van der Waals surface area contributed by atoms with Crippen molar-refractivity contribution in [3.05, 3.63) is 107 Å². The molecule has 1 amide bonds. The van der Waals surface area contributed by atoms with Gasteiger partial charge in [-0.05, 0) is 78.9 Å². The number of hydrogen-bond acceptors (Lipinski definition) is 5. The molecule has 4 aromatic rings. The Bertz CT molecular complexity index is 1530. The van der Waals surface area contributed by atoms with Gasteiger partial charge in [0.15, 0.2) is 5.11 Å². The Morgan fingerprint density at radius 3 is 2.64 bits per heavy atom. The van der Waals surface area contributed by atoms with Crippen LogP contribution in [0.2, 0.25) is 5.02 Å². The van der Waals surface area contributed by atoms with Gasteiger partial charge in [0.05, 0.1) is 22.3 Å². The Kier molecular flexibility index (Phi) is 7.58. The fourth-order valence-electron chi connectivity index (χ4n) is 4.44. The molecule has 0 aliphatic carbocycles. The highest BCUT2D eigenvalue weighted by Gasteiger charge is 2.41. The van der Waals surface area contributed by atoms with Crippen LogP contribution in [0.3, 0.4) is 0 Å². The van der Waals surface area contributed by atoms with Crippen LogP contribution in [0.1, 0.15) is 40.3 Å². The van der Waals surface area contributed by atoms with Crippen molar-refractivity contribution < 1.29 is 23.5 Å². The summed E-state index contributed by atoms with van der Waals surface area (Å²) in [5.74, 6) is -0.806. The van der Waals surface area contributed by atoms with Crippen LogP contribution in [0.4, 0.5) is 10.1 Å². The number of nitrogens with one attached hydrogen (secondary N) is 2. The number of aromatic carboxylic acids is 1. The molecule has 0 unspecified atom stereocenters. The molecule has 0 saturated carbocycles. The molecule has 0 radical (unpaired) electrons.